The lowest BCUT2D eigenvalue weighted by atomic mass is 10.1. The third kappa shape index (κ3) is 5.31. The van der Waals surface area contributed by atoms with Crippen LogP contribution in [-0.2, 0) is 19.6 Å². The molecule has 8 rings (SSSR count). The largest absolute Gasteiger partial charge is 0.466 e. The first kappa shape index (κ1) is 30.0. The molecule has 7 aromatic rings. The smallest absolute Gasteiger partial charge is 0.255 e. The molecule has 0 atom stereocenters. The van der Waals surface area contributed by atoms with E-state index in [0.717, 1.165) is 38.4 Å². The summed E-state index contributed by atoms with van der Waals surface area (Å²) in [5.41, 5.74) is 6.04. The van der Waals surface area contributed by atoms with Crippen molar-refractivity contribution in [1.29, 1.82) is 0 Å². The molecule has 0 unspecified atom stereocenters. The highest BCUT2D eigenvalue weighted by Crippen LogP contribution is 2.32. The van der Waals surface area contributed by atoms with Crippen LogP contribution in [0.3, 0.4) is 0 Å². The molecule has 0 saturated carbocycles. The fourth-order valence-electron chi connectivity index (χ4n) is 6.20. The number of benzene rings is 1. The molecule has 0 aliphatic carbocycles. The van der Waals surface area contributed by atoms with Crippen molar-refractivity contribution in [1.82, 2.24) is 49.4 Å². The summed E-state index contributed by atoms with van der Waals surface area (Å²) in [7, 11) is 0. The van der Waals surface area contributed by atoms with Gasteiger partial charge in [0.15, 0.2) is 11.4 Å². The monoisotopic (exact) mass is 706 g/mol. The van der Waals surface area contributed by atoms with Crippen LogP contribution in [-0.4, -0.2) is 61.9 Å². The van der Waals surface area contributed by atoms with Crippen molar-refractivity contribution in [2.24, 2.45) is 0 Å². The molecule has 1 aromatic carbocycles. The van der Waals surface area contributed by atoms with Crippen LogP contribution in [0.2, 0.25) is 0 Å². The van der Waals surface area contributed by atoms with Crippen molar-refractivity contribution in [2.45, 2.75) is 53.4 Å². The SMILES string of the molecule is Cc1cc(-c2cc(C(=O)N3CCn4ncc(-c5cn(Cc6ncc(-c7cccc(Br)c7)o6)nn5)c4C3)c3cnn(C(C)C)c3n2)c(C)o1. The Hall–Kier alpha value is -5.37. The van der Waals surface area contributed by atoms with Crippen LogP contribution in [0.4, 0.5) is 0 Å². The van der Waals surface area contributed by atoms with Crippen molar-refractivity contribution in [2.75, 3.05) is 6.54 Å². The number of fused-ring (bicyclic) bond motifs is 2. The third-order valence-corrected chi connectivity index (χ3v) is 9.03. The second-order valence-corrected chi connectivity index (χ2v) is 13.1. The molecular formula is C34H31BrN10O3. The standard InChI is InChI=1S/C34H31BrN10O3/c1-19(2)45-33-26(13-38-45)25(12-28(39-33)24-10-20(3)47-21(24)4)34(46)42-8-9-44-30(17-42)27(14-37-44)29-16-43(41-40-29)18-32-36-15-31(48-32)22-6-5-7-23(35)11-22/h5-7,10-16,19H,8-9,17-18H2,1-4H3. The number of furan rings is 1. The Morgan fingerprint density at radius 1 is 1.00 bits per heavy atom. The third-order valence-electron chi connectivity index (χ3n) is 8.54. The van der Waals surface area contributed by atoms with Crippen LogP contribution in [0.1, 0.15) is 53.4 Å². The van der Waals surface area contributed by atoms with Gasteiger partial charge in [0.05, 0.1) is 60.2 Å². The summed E-state index contributed by atoms with van der Waals surface area (Å²) in [6.45, 7) is 9.64. The fraction of sp³-hybridized carbons (Fsp3) is 0.265. The predicted molar refractivity (Wildman–Crippen MR) is 180 cm³/mol. The zero-order valence-corrected chi connectivity index (χ0v) is 28.3. The molecule has 0 bridgehead atoms. The number of aromatic nitrogens is 9. The van der Waals surface area contributed by atoms with Crippen molar-refractivity contribution >= 4 is 32.9 Å². The van der Waals surface area contributed by atoms with Gasteiger partial charge >= 0.3 is 0 Å². The fourth-order valence-corrected chi connectivity index (χ4v) is 6.59. The molecule has 0 N–H and O–H groups in total. The average molecular weight is 708 g/mol. The molecule has 0 fully saturated rings. The molecule has 1 aliphatic heterocycles. The second kappa shape index (κ2) is 11.7. The lowest BCUT2D eigenvalue weighted by molar-refractivity contribution is 0.0708. The summed E-state index contributed by atoms with van der Waals surface area (Å²) in [5, 5.41) is 18.7. The summed E-state index contributed by atoms with van der Waals surface area (Å²) >= 11 is 3.50. The minimum absolute atomic E-state index is 0.0672. The van der Waals surface area contributed by atoms with Gasteiger partial charge in [0.1, 0.15) is 23.8 Å². The molecule has 1 aliphatic rings. The number of aryl methyl sites for hydroxylation is 2. The number of pyridine rings is 1. The van der Waals surface area contributed by atoms with Crippen molar-refractivity contribution in [3.8, 4) is 33.8 Å². The van der Waals surface area contributed by atoms with E-state index in [1.165, 1.54) is 0 Å². The van der Waals surface area contributed by atoms with E-state index in [0.29, 0.717) is 65.8 Å². The Morgan fingerprint density at radius 2 is 1.88 bits per heavy atom. The highest BCUT2D eigenvalue weighted by Gasteiger charge is 2.29. The van der Waals surface area contributed by atoms with Crippen molar-refractivity contribution < 1.29 is 13.6 Å². The molecule has 13 nitrogen and oxygen atoms in total. The summed E-state index contributed by atoms with van der Waals surface area (Å²) < 4.78 is 18.2. The second-order valence-electron chi connectivity index (χ2n) is 12.2. The minimum atomic E-state index is -0.1000. The Balaban J connectivity index is 1.07. The van der Waals surface area contributed by atoms with Crippen molar-refractivity contribution in [3.05, 3.63) is 94.3 Å². The Bertz CT molecular complexity index is 2320. The highest BCUT2D eigenvalue weighted by atomic mass is 79.9. The van der Waals surface area contributed by atoms with E-state index in [1.807, 2.05) is 84.6 Å². The van der Waals surface area contributed by atoms with Gasteiger partial charge < -0.3 is 13.7 Å². The zero-order valence-electron chi connectivity index (χ0n) is 26.8. The van der Waals surface area contributed by atoms with Gasteiger partial charge in [-0.2, -0.15) is 10.2 Å². The lowest BCUT2D eigenvalue weighted by Crippen LogP contribution is -2.38. The summed E-state index contributed by atoms with van der Waals surface area (Å²) in [5.74, 6) is 2.62. The van der Waals surface area contributed by atoms with Gasteiger partial charge in [-0.15, -0.1) is 5.10 Å². The van der Waals surface area contributed by atoms with Gasteiger partial charge in [-0.25, -0.2) is 19.3 Å². The summed E-state index contributed by atoms with van der Waals surface area (Å²) in [6, 6.07) is 11.7. The van der Waals surface area contributed by atoms with Crippen LogP contribution in [0, 0.1) is 13.8 Å². The maximum atomic E-state index is 14.3. The molecule has 6 aromatic heterocycles. The molecule has 48 heavy (non-hydrogen) atoms. The highest BCUT2D eigenvalue weighted by molar-refractivity contribution is 9.10. The first-order valence-corrected chi connectivity index (χ1v) is 16.4. The summed E-state index contributed by atoms with van der Waals surface area (Å²) in [6.07, 6.45) is 7.07. The maximum Gasteiger partial charge on any atom is 0.255 e. The summed E-state index contributed by atoms with van der Waals surface area (Å²) in [4.78, 5) is 25.6. The molecule has 1 amide bonds. The van der Waals surface area contributed by atoms with E-state index in [9.17, 15) is 4.79 Å². The molecule has 0 radical (unpaired) electrons. The zero-order chi connectivity index (χ0) is 33.1. The first-order chi connectivity index (χ1) is 23.2. The molecule has 0 spiro atoms. The van der Waals surface area contributed by atoms with Gasteiger partial charge in [-0.05, 0) is 52.0 Å². The Labute approximate surface area is 283 Å². The average Bonchev–Trinajstić information content (AvgIpc) is 3.91. The number of nitrogens with zero attached hydrogens (tertiary/aromatic N) is 10. The number of oxazole rings is 1. The van der Waals surface area contributed by atoms with E-state index >= 15 is 0 Å². The number of hydrogen-bond donors (Lipinski definition) is 0. The van der Waals surface area contributed by atoms with E-state index in [2.05, 4.69) is 41.4 Å². The number of halogens is 1. The van der Waals surface area contributed by atoms with E-state index in [-0.39, 0.29) is 11.9 Å². The van der Waals surface area contributed by atoms with Gasteiger partial charge in [0, 0.05) is 33.7 Å². The van der Waals surface area contributed by atoms with Crippen LogP contribution in [0.25, 0.3) is 44.9 Å². The predicted octanol–water partition coefficient (Wildman–Crippen LogP) is 6.47. The number of rotatable bonds is 7. The van der Waals surface area contributed by atoms with Crippen LogP contribution in [0.15, 0.2) is 74.5 Å². The molecule has 242 valence electrons. The van der Waals surface area contributed by atoms with Crippen LogP contribution >= 0.6 is 15.9 Å². The van der Waals surface area contributed by atoms with Gasteiger partial charge in [-0.1, -0.05) is 33.3 Å². The van der Waals surface area contributed by atoms with Crippen molar-refractivity contribution in [3.63, 3.8) is 0 Å². The van der Waals surface area contributed by atoms with E-state index in [1.54, 1.807) is 23.3 Å². The lowest BCUT2D eigenvalue weighted by Gasteiger charge is -2.28. The first-order valence-electron chi connectivity index (χ1n) is 15.6. The van der Waals surface area contributed by atoms with Crippen LogP contribution < -0.4 is 0 Å². The Kier molecular flexibility index (Phi) is 7.31. The molecule has 7 heterocycles. The molecule has 0 saturated heterocycles. The Morgan fingerprint density at radius 3 is 2.67 bits per heavy atom. The van der Waals surface area contributed by atoms with Gasteiger partial charge in [-0.3, -0.25) is 9.48 Å². The van der Waals surface area contributed by atoms with E-state index in [4.69, 9.17) is 13.8 Å². The number of hydrogen-bond acceptors (Lipinski definition) is 9. The van der Waals surface area contributed by atoms with Gasteiger partial charge in [0.2, 0.25) is 5.89 Å². The number of carbonyl (C=O) groups excluding carboxylic acids is 1. The quantitative estimate of drug-likeness (QED) is 0.183. The van der Waals surface area contributed by atoms with Gasteiger partial charge in [0.25, 0.3) is 5.91 Å². The van der Waals surface area contributed by atoms with E-state index < -0.39 is 0 Å². The molecular weight excluding hydrogens is 676 g/mol. The van der Waals surface area contributed by atoms with Crippen LogP contribution in [0.5, 0.6) is 0 Å². The maximum absolute atomic E-state index is 14.3. The number of amides is 1. The topological polar surface area (TPSA) is 139 Å². The number of carbonyl (C=O) groups is 1. The normalized spacial score (nSPS) is 13.2. The molecule has 14 heteroatoms. The minimum Gasteiger partial charge on any atom is -0.466 e.